The lowest BCUT2D eigenvalue weighted by atomic mass is 10.1. The Bertz CT molecular complexity index is 467. The molecule has 1 aromatic rings. The Morgan fingerprint density at radius 1 is 1.38 bits per heavy atom. The van der Waals surface area contributed by atoms with E-state index in [0.717, 1.165) is 42.8 Å². The minimum Gasteiger partial charge on any atom is -0.493 e. The zero-order valence-corrected chi connectivity index (χ0v) is 13.0. The topological polar surface area (TPSA) is 49.8 Å². The molecule has 1 saturated heterocycles. The zero-order chi connectivity index (χ0) is 15.2. The third-order valence-electron chi connectivity index (χ3n) is 4.15. The van der Waals surface area contributed by atoms with Gasteiger partial charge in [-0.15, -0.1) is 0 Å². The fourth-order valence-electron chi connectivity index (χ4n) is 2.90. The second-order valence-electron chi connectivity index (χ2n) is 5.83. The van der Waals surface area contributed by atoms with Gasteiger partial charge in [0, 0.05) is 19.7 Å². The first kappa shape index (κ1) is 15.8. The van der Waals surface area contributed by atoms with Crippen molar-refractivity contribution in [2.24, 2.45) is 5.92 Å². The number of aliphatic hydroxyl groups is 1. The second-order valence-corrected chi connectivity index (χ2v) is 5.83. The van der Waals surface area contributed by atoms with E-state index in [1.807, 2.05) is 36.9 Å². The lowest BCUT2D eigenvalue weighted by molar-refractivity contribution is -0.130. The number of hydrogen-bond acceptors (Lipinski definition) is 3. The summed E-state index contributed by atoms with van der Waals surface area (Å²) in [5, 5.41) is 8.95. The third kappa shape index (κ3) is 4.21. The van der Waals surface area contributed by atoms with E-state index in [1.165, 1.54) is 0 Å². The standard InChI is InChI=1S/C17H25NO3/c1-13-4-3-5-14(2)17(13)21-11-8-16(20)18-9-6-15(12-18)7-10-19/h3-5,15,19H,6-12H2,1-2H3. The Labute approximate surface area is 126 Å². The van der Waals surface area contributed by atoms with E-state index in [9.17, 15) is 4.79 Å². The molecule has 1 N–H and O–H groups in total. The molecule has 0 aliphatic carbocycles. The van der Waals surface area contributed by atoms with Crippen molar-refractivity contribution >= 4 is 5.91 Å². The van der Waals surface area contributed by atoms with Crippen molar-refractivity contribution in [1.29, 1.82) is 0 Å². The first-order valence-electron chi connectivity index (χ1n) is 7.69. The minimum atomic E-state index is 0.154. The Morgan fingerprint density at radius 3 is 2.76 bits per heavy atom. The van der Waals surface area contributed by atoms with E-state index < -0.39 is 0 Å². The summed E-state index contributed by atoms with van der Waals surface area (Å²) in [6, 6.07) is 6.04. The summed E-state index contributed by atoms with van der Waals surface area (Å²) < 4.78 is 5.78. The number of carbonyl (C=O) groups excluding carboxylic acids is 1. The number of rotatable bonds is 6. The number of para-hydroxylation sites is 1. The van der Waals surface area contributed by atoms with Crippen LogP contribution in [0.4, 0.5) is 0 Å². The van der Waals surface area contributed by atoms with Gasteiger partial charge in [0.05, 0.1) is 13.0 Å². The number of ether oxygens (including phenoxy) is 1. The van der Waals surface area contributed by atoms with Crippen molar-refractivity contribution < 1.29 is 14.6 Å². The van der Waals surface area contributed by atoms with E-state index in [2.05, 4.69) is 0 Å². The molecule has 4 nitrogen and oxygen atoms in total. The fraction of sp³-hybridized carbons (Fsp3) is 0.588. The maximum Gasteiger partial charge on any atom is 0.226 e. The lowest BCUT2D eigenvalue weighted by Crippen LogP contribution is -2.30. The first-order valence-corrected chi connectivity index (χ1v) is 7.69. The molecular weight excluding hydrogens is 266 g/mol. The number of carbonyl (C=O) groups is 1. The lowest BCUT2D eigenvalue weighted by Gasteiger charge is -2.17. The van der Waals surface area contributed by atoms with Crippen molar-refractivity contribution in [2.45, 2.75) is 33.1 Å². The van der Waals surface area contributed by atoms with Crippen LogP contribution in [0.15, 0.2) is 18.2 Å². The van der Waals surface area contributed by atoms with Gasteiger partial charge in [-0.25, -0.2) is 0 Å². The van der Waals surface area contributed by atoms with Crippen molar-refractivity contribution in [2.75, 3.05) is 26.3 Å². The third-order valence-corrected chi connectivity index (χ3v) is 4.15. The molecule has 21 heavy (non-hydrogen) atoms. The summed E-state index contributed by atoms with van der Waals surface area (Å²) in [4.78, 5) is 14.0. The van der Waals surface area contributed by atoms with Crippen molar-refractivity contribution in [1.82, 2.24) is 4.90 Å². The van der Waals surface area contributed by atoms with Crippen LogP contribution in [0.5, 0.6) is 5.75 Å². The molecule has 1 fully saturated rings. The highest BCUT2D eigenvalue weighted by Gasteiger charge is 2.25. The van der Waals surface area contributed by atoms with Gasteiger partial charge in [-0.05, 0) is 43.7 Å². The number of likely N-dealkylation sites (tertiary alicyclic amines) is 1. The summed E-state index contributed by atoms with van der Waals surface area (Å²) >= 11 is 0. The van der Waals surface area contributed by atoms with Gasteiger partial charge in [-0.1, -0.05) is 18.2 Å². The van der Waals surface area contributed by atoms with E-state index in [4.69, 9.17) is 9.84 Å². The molecule has 0 saturated carbocycles. The molecule has 0 bridgehead atoms. The maximum atomic E-state index is 12.1. The number of amides is 1. The van der Waals surface area contributed by atoms with Crippen molar-refractivity contribution in [3.8, 4) is 5.75 Å². The van der Waals surface area contributed by atoms with Crippen LogP contribution in [-0.4, -0.2) is 42.2 Å². The van der Waals surface area contributed by atoms with E-state index in [1.54, 1.807) is 0 Å². The predicted octanol–water partition coefficient (Wildman–Crippen LogP) is 2.30. The molecule has 0 aromatic heterocycles. The van der Waals surface area contributed by atoms with E-state index in [0.29, 0.717) is 18.9 Å². The highest BCUT2D eigenvalue weighted by atomic mass is 16.5. The van der Waals surface area contributed by atoms with Crippen LogP contribution in [0.1, 0.15) is 30.4 Å². The SMILES string of the molecule is Cc1cccc(C)c1OCCC(=O)N1CCC(CCO)C1. The highest BCUT2D eigenvalue weighted by molar-refractivity contribution is 5.76. The van der Waals surface area contributed by atoms with Gasteiger partial charge >= 0.3 is 0 Å². The molecular formula is C17H25NO3. The zero-order valence-electron chi connectivity index (χ0n) is 13.0. The van der Waals surface area contributed by atoms with Crippen LogP contribution >= 0.6 is 0 Å². The van der Waals surface area contributed by atoms with Gasteiger partial charge in [0.2, 0.25) is 5.91 Å². The average molecular weight is 291 g/mol. The number of hydrogen-bond donors (Lipinski definition) is 1. The Hall–Kier alpha value is -1.55. The van der Waals surface area contributed by atoms with E-state index >= 15 is 0 Å². The number of benzene rings is 1. The minimum absolute atomic E-state index is 0.154. The fourth-order valence-corrected chi connectivity index (χ4v) is 2.90. The monoisotopic (exact) mass is 291 g/mol. The molecule has 1 atom stereocenters. The highest BCUT2D eigenvalue weighted by Crippen LogP contribution is 2.23. The number of aliphatic hydroxyl groups excluding tert-OH is 1. The largest absolute Gasteiger partial charge is 0.493 e. The number of nitrogens with zero attached hydrogens (tertiary/aromatic N) is 1. The van der Waals surface area contributed by atoms with Crippen LogP contribution < -0.4 is 4.74 Å². The quantitative estimate of drug-likeness (QED) is 0.875. The van der Waals surface area contributed by atoms with Crippen LogP contribution in [0, 0.1) is 19.8 Å². The van der Waals surface area contributed by atoms with Crippen molar-refractivity contribution in [3.05, 3.63) is 29.3 Å². The van der Waals surface area contributed by atoms with Gasteiger partial charge in [0.1, 0.15) is 5.75 Å². The molecule has 4 heteroatoms. The van der Waals surface area contributed by atoms with Crippen molar-refractivity contribution in [3.63, 3.8) is 0 Å². The van der Waals surface area contributed by atoms with Crippen LogP contribution in [-0.2, 0) is 4.79 Å². The normalized spacial score (nSPS) is 18.0. The summed E-state index contributed by atoms with van der Waals surface area (Å²) in [6.07, 6.45) is 2.21. The number of aryl methyl sites for hydroxylation is 2. The molecule has 0 spiro atoms. The van der Waals surface area contributed by atoms with Gasteiger partial charge in [-0.3, -0.25) is 4.79 Å². The predicted molar refractivity (Wildman–Crippen MR) is 82.4 cm³/mol. The Balaban J connectivity index is 1.77. The summed E-state index contributed by atoms with van der Waals surface area (Å²) in [5.74, 6) is 1.50. The summed E-state index contributed by atoms with van der Waals surface area (Å²) in [5.41, 5.74) is 2.21. The Kier molecular flexibility index (Phi) is 5.62. The van der Waals surface area contributed by atoms with Crippen LogP contribution in [0.25, 0.3) is 0 Å². The molecule has 1 heterocycles. The molecule has 1 aliphatic rings. The molecule has 1 aliphatic heterocycles. The second kappa shape index (κ2) is 7.46. The van der Waals surface area contributed by atoms with Crippen LogP contribution in [0.3, 0.4) is 0 Å². The van der Waals surface area contributed by atoms with Gasteiger partial charge in [-0.2, -0.15) is 0 Å². The summed E-state index contributed by atoms with van der Waals surface area (Å²) in [7, 11) is 0. The average Bonchev–Trinajstić information content (AvgIpc) is 2.91. The Morgan fingerprint density at radius 2 is 2.10 bits per heavy atom. The molecule has 116 valence electrons. The molecule has 1 amide bonds. The first-order chi connectivity index (χ1) is 10.1. The van der Waals surface area contributed by atoms with Gasteiger partial charge in [0.25, 0.3) is 0 Å². The summed E-state index contributed by atoms with van der Waals surface area (Å²) in [6.45, 7) is 6.26. The molecule has 1 unspecified atom stereocenters. The van der Waals surface area contributed by atoms with Gasteiger partial charge < -0.3 is 14.7 Å². The van der Waals surface area contributed by atoms with Crippen LogP contribution in [0.2, 0.25) is 0 Å². The van der Waals surface area contributed by atoms with Gasteiger partial charge in [0.15, 0.2) is 0 Å². The smallest absolute Gasteiger partial charge is 0.226 e. The molecule has 0 radical (unpaired) electrons. The molecule has 2 rings (SSSR count). The maximum absolute atomic E-state index is 12.1. The molecule has 1 aromatic carbocycles. The van der Waals surface area contributed by atoms with E-state index in [-0.39, 0.29) is 12.5 Å².